The Morgan fingerprint density at radius 2 is 0.977 bits per heavy atom. The van der Waals surface area contributed by atoms with Crippen LogP contribution in [0.3, 0.4) is 0 Å². The summed E-state index contributed by atoms with van der Waals surface area (Å²) in [5, 5.41) is 2.07. The van der Waals surface area contributed by atoms with Gasteiger partial charge < -0.3 is 19.1 Å². The van der Waals surface area contributed by atoms with Crippen molar-refractivity contribution in [1.29, 1.82) is 0 Å². The summed E-state index contributed by atoms with van der Waals surface area (Å²) in [6, 6.07) is 76.7. The number of para-hydroxylation sites is 3. The van der Waals surface area contributed by atoms with Crippen LogP contribution in [-0.2, 0) is 37.3 Å². The Balaban J connectivity index is 0.00000739. The zero-order valence-electron chi connectivity index (χ0n) is 50.0. The third kappa shape index (κ3) is 11.3. The summed E-state index contributed by atoms with van der Waals surface area (Å²) in [6.45, 7) is 21.7. The molecule has 0 saturated carbocycles. The first-order chi connectivity index (χ1) is 41.2. The van der Waals surface area contributed by atoms with E-state index in [9.17, 15) is 0 Å². The van der Waals surface area contributed by atoms with Gasteiger partial charge in [-0.2, -0.15) is 6.07 Å². The van der Waals surface area contributed by atoms with E-state index in [1.54, 1.807) is 0 Å². The Morgan fingerprint density at radius 1 is 0.437 bits per heavy atom. The Labute approximate surface area is 522 Å². The number of fused-ring (bicyclic) bond motifs is 4. The van der Waals surface area contributed by atoms with Crippen LogP contribution in [0.1, 0.15) is 79.0 Å². The van der Waals surface area contributed by atoms with Gasteiger partial charge >= 0.3 is 0 Å². The SMILES string of the molecule is CC(C)(C)c1cc(-c2cc(-c3ccccc3)cc(-c3c(F)cc(F)cc3F)c2N2[CH-]N(c3[c-]c(Oc4[c-]c5c(cc4)c4ccccc4n5-c4cc(C(C)(C)C)ccn4)cc(-c4ccc(-c5ccccc5)cc4)c3)c3ccccc32)cc(C(C)(C)C)c1.[Pt]. The van der Waals surface area contributed by atoms with Crippen LogP contribution in [0.25, 0.3) is 83.3 Å². The van der Waals surface area contributed by atoms with Crippen molar-refractivity contribution in [2.45, 2.75) is 78.6 Å². The molecule has 13 rings (SSSR count). The van der Waals surface area contributed by atoms with Gasteiger partial charge in [-0.15, -0.1) is 53.6 Å². The number of benzene rings is 10. The van der Waals surface area contributed by atoms with E-state index in [1.807, 2.05) is 126 Å². The fourth-order valence-electron chi connectivity index (χ4n) is 11.7. The van der Waals surface area contributed by atoms with Crippen LogP contribution in [0.4, 0.5) is 35.9 Å². The maximum atomic E-state index is 16.9. The fraction of sp³-hybridized carbons (Fsp3) is 0.154. The first-order valence-electron chi connectivity index (χ1n) is 29.1. The molecule has 0 unspecified atom stereocenters. The van der Waals surface area contributed by atoms with E-state index >= 15 is 13.2 Å². The van der Waals surface area contributed by atoms with E-state index in [-0.39, 0.29) is 48.4 Å². The van der Waals surface area contributed by atoms with Crippen molar-refractivity contribution < 1.29 is 39.0 Å². The summed E-state index contributed by atoms with van der Waals surface area (Å²) in [7, 11) is 0. The molecule has 10 aromatic carbocycles. The van der Waals surface area contributed by atoms with E-state index in [4.69, 9.17) is 9.72 Å². The molecule has 0 saturated heterocycles. The van der Waals surface area contributed by atoms with Crippen molar-refractivity contribution >= 4 is 44.6 Å². The molecule has 12 aromatic rings. The van der Waals surface area contributed by atoms with Gasteiger partial charge in [0, 0.05) is 84.6 Å². The Morgan fingerprint density at radius 3 is 1.61 bits per heavy atom. The van der Waals surface area contributed by atoms with Gasteiger partial charge in [-0.1, -0.05) is 201 Å². The van der Waals surface area contributed by atoms with E-state index in [2.05, 4.69) is 176 Å². The average molecular weight is 1330 g/mol. The second-order valence-electron chi connectivity index (χ2n) is 25.4. The number of nitrogens with zero attached hydrogens (tertiary/aromatic N) is 4. The first-order valence-corrected chi connectivity index (χ1v) is 29.1. The number of aromatic nitrogens is 2. The molecular weight excluding hydrogens is 1260 g/mol. The first kappa shape index (κ1) is 58.4. The molecule has 0 aliphatic carbocycles. The molecule has 2 aromatic heterocycles. The van der Waals surface area contributed by atoms with E-state index in [1.165, 1.54) is 0 Å². The van der Waals surface area contributed by atoms with Gasteiger partial charge in [-0.3, -0.25) is 0 Å². The van der Waals surface area contributed by atoms with Crippen LogP contribution in [0, 0.1) is 36.3 Å². The Kier molecular flexibility index (Phi) is 15.2. The second kappa shape index (κ2) is 22.7. The van der Waals surface area contributed by atoms with Crippen molar-refractivity contribution in [3.05, 3.63) is 271 Å². The number of ether oxygens (including phenoxy) is 1. The van der Waals surface area contributed by atoms with Crippen LogP contribution in [-0.4, -0.2) is 9.55 Å². The second-order valence-corrected chi connectivity index (χ2v) is 25.4. The summed E-state index contributed by atoms with van der Waals surface area (Å²) in [4.78, 5) is 8.97. The third-order valence-electron chi connectivity index (χ3n) is 16.4. The summed E-state index contributed by atoms with van der Waals surface area (Å²) < 4.78 is 58.1. The van der Waals surface area contributed by atoms with Crippen molar-refractivity contribution in [3.8, 4) is 73.0 Å². The predicted molar refractivity (Wildman–Crippen MR) is 347 cm³/mol. The van der Waals surface area contributed by atoms with Crippen LogP contribution in [0.15, 0.2) is 219 Å². The molecule has 0 bridgehead atoms. The molecule has 0 N–H and O–H groups in total. The summed E-state index contributed by atoms with van der Waals surface area (Å²) in [5.41, 5.74) is 14.2. The minimum absolute atomic E-state index is 0. The van der Waals surface area contributed by atoms with Crippen molar-refractivity contribution in [2.75, 3.05) is 9.80 Å². The quantitative estimate of drug-likeness (QED) is 0.128. The molecule has 0 fully saturated rings. The van der Waals surface area contributed by atoms with Gasteiger partial charge in [-0.25, -0.2) is 18.2 Å². The molecule has 87 heavy (non-hydrogen) atoms. The topological polar surface area (TPSA) is 33.5 Å². The van der Waals surface area contributed by atoms with Gasteiger partial charge in [0.1, 0.15) is 23.3 Å². The number of hydrogen-bond acceptors (Lipinski definition) is 4. The van der Waals surface area contributed by atoms with Crippen LogP contribution >= 0.6 is 0 Å². The number of hydrogen-bond donors (Lipinski definition) is 0. The maximum absolute atomic E-state index is 16.9. The zero-order chi connectivity index (χ0) is 59.8. The van der Waals surface area contributed by atoms with Crippen LogP contribution in [0.5, 0.6) is 11.5 Å². The third-order valence-corrected chi connectivity index (χ3v) is 16.4. The van der Waals surface area contributed by atoms with E-state index in [0.717, 1.165) is 112 Å². The van der Waals surface area contributed by atoms with E-state index < -0.39 is 17.5 Å². The van der Waals surface area contributed by atoms with Gasteiger partial charge in [-0.05, 0) is 114 Å². The minimum Gasteiger partial charge on any atom is -0.509 e. The molecule has 0 spiro atoms. The monoisotopic (exact) mass is 1320 g/mol. The van der Waals surface area contributed by atoms with Crippen LogP contribution < -0.4 is 14.5 Å². The van der Waals surface area contributed by atoms with E-state index in [0.29, 0.717) is 22.9 Å². The number of rotatable bonds is 10. The Bertz CT molecular complexity index is 4520. The molecule has 1 aliphatic heterocycles. The molecular formula is C78H64F3N4OPt-3. The van der Waals surface area contributed by atoms with Gasteiger partial charge in [0.25, 0.3) is 0 Å². The van der Waals surface area contributed by atoms with Crippen molar-refractivity contribution in [1.82, 2.24) is 9.55 Å². The zero-order valence-corrected chi connectivity index (χ0v) is 52.3. The van der Waals surface area contributed by atoms with Crippen molar-refractivity contribution in [2.24, 2.45) is 0 Å². The minimum atomic E-state index is -1.02. The number of halogens is 3. The smallest absolute Gasteiger partial charge is 0.136 e. The molecule has 3 heterocycles. The molecule has 0 radical (unpaired) electrons. The maximum Gasteiger partial charge on any atom is 0.136 e. The van der Waals surface area contributed by atoms with Crippen molar-refractivity contribution in [3.63, 3.8) is 0 Å². The molecule has 1 aliphatic rings. The summed E-state index contributed by atoms with van der Waals surface area (Å²) in [5.74, 6) is -1.36. The molecule has 9 heteroatoms. The predicted octanol–water partition coefficient (Wildman–Crippen LogP) is 21.6. The molecule has 0 amide bonds. The summed E-state index contributed by atoms with van der Waals surface area (Å²) >= 11 is 0. The van der Waals surface area contributed by atoms with Gasteiger partial charge in [0.15, 0.2) is 0 Å². The fourth-order valence-corrected chi connectivity index (χ4v) is 11.7. The molecule has 5 nitrogen and oxygen atoms in total. The Hall–Kier alpha value is -8.97. The van der Waals surface area contributed by atoms with Gasteiger partial charge in [0.2, 0.25) is 0 Å². The van der Waals surface area contributed by atoms with Gasteiger partial charge in [0.05, 0.1) is 5.56 Å². The largest absolute Gasteiger partial charge is 0.509 e. The standard InChI is InChI=1S/C78H64F3N4O.Pt/c1-76(2,3)56-34-35-82-73(43-56)85-69-25-17-16-24-63(69)64-33-32-61(47-72(64)85)86-62-39-53(52-30-28-51(29-31-52)49-20-12-10-13-21-49)38-60(46-62)83-48-84(71-27-19-18-26-70(71)83)75-65(55-36-57(77(4,5)6)42-58(37-55)78(7,8)9)40-54(50-22-14-11-15-23-50)41-66(75)74-67(80)44-59(79)45-68(74)81;/h10-45,48H,1-9H3;/q-3;. The number of pyridine rings is 1. The average Bonchev–Trinajstić information content (AvgIpc) is 1.85. The number of anilines is 4. The summed E-state index contributed by atoms with van der Waals surface area (Å²) in [6.07, 6.45) is 1.87. The normalized spacial score (nSPS) is 12.6. The van der Waals surface area contributed by atoms with Crippen LogP contribution in [0.2, 0.25) is 0 Å². The molecule has 0 atom stereocenters. The molecule has 436 valence electrons.